The van der Waals surface area contributed by atoms with Crippen LogP contribution in [0.4, 0.5) is 0 Å². The van der Waals surface area contributed by atoms with Crippen molar-refractivity contribution in [1.29, 1.82) is 0 Å². The van der Waals surface area contributed by atoms with Crippen LogP contribution >= 0.6 is 15.9 Å². The Hall–Kier alpha value is -0.800. The van der Waals surface area contributed by atoms with Crippen LogP contribution in [-0.4, -0.2) is 16.7 Å². The van der Waals surface area contributed by atoms with Crippen molar-refractivity contribution in [3.05, 3.63) is 34.9 Å². The van der Waals surface area contributed by atoms with Crippen LogP contribution in [-0.2, 0) is 6.54 Å². The zero-order valence-corrected chi connectivity index (χ0v) is 12.2. The first-order valence-corrected chi connectivity index (χ1v) is 6.75. The standard InChI is InChI=1S/C14H19BrN2/c1-14(2,3)16-8-10-17-9-7-11-12(15)5-4-6-13(11)17/h4-7,9,16H,8,10H2,1-3H3. The summed E-state index contributed by atoms with van der Waals surface area (Å²) in [5.41, 5.74) is 1.47. The SMILES string of the molecule is CC(C)(C)NCCn1ccc2c(Br)cccc21. The monoisotopic (exact) mass is 294 g/mol. The number of halogens is 1. The maximum atomic E-state index is 3.58. The van der Waals surface area contributed by atoms with E-state index in [4.69, 9.17) is 0 Å². The lowest BCUT2D eigenvalue weighted by Gasteiger charge is -2.20. The Bertz CT molecular complexity index is 508. The summed E-state index contributed by atoms with van der Waals surface area (Å²) >= 11 is 3.58. The van der Waals surface area contributed by atoms with Crippen LogP contribution in [0.15, 0.2) is 34.9 Å². The minimum Gasteiger partial charge on any atom is -0.346 e. The van der Waals surface area contributed by atoms with E-state index in [1.807, 2.05) is 0 Å². The van der Waals surface area contributed by atoms with Crippen molar-refractivity contribution in [2.24, 2.45) is 0 Å². The van der Waals surface area contributed by atoms with Gasteiger partial charge in [-0.25, -0.2) is 0 Å². The Labute approximate surface area is 111 Å². The lowest BCUT2D eigenvalue weighted by Crippen LogP contribution is -2.37. The fourth-order valence-electron chi connectivity index (χ4n) is 1.93. The molecule has 0 aliphatic heterocycles. The average Bonchev–Trinajstić information content (AvgIpc) is 2.61. The largest absolute Gasteiger partial charge is 0.346 e. The molecule has 1 aromatic carbocycles. The van der Waals surface area contributed by atoms with Gasteiger partial charge in [0, 0.05) is 40.2 Å². The van der Waals surface area contributed by atoms with Crippen LogP contribution in [0, 0.1) is 0 Å². The van der Waals surface area contributed by atoms with E-state index in [0.717, 1.165) is 17.6 Å². The van der Waals surface area contributed by atoms with Crippen molar-refractivity contribution >= 4 is 26.8 Å². The Morgan fingerprint density at radius 2 is 2.00 bits per heavy atom. The number of nitrogens with one attached hydrogen (secondary N) is 1. The van der Waals surface area contributed by atoms with Gasteiger partial charge in [0.2, 0.25) is 0 Å². The third kappa shape index (κ3) is 3.11. The van der Waals surface area contributed by atoms with Gasteiger partial charge in [-0.3, -0.25) is 0 Å². The van der Waals surface area contributed by atoms with Crippen molar-refractivity contribution in [3.63, 3.8) is 0 Å². The molecule has 92 valence electrons. The molecule has 0 aliphatic rings. The lowest BCUT2D eigenvalue weighted by atomic mass is 10.1. The molecule has 0 aliphatic carbocycles. The molecule has 1 N–H and O–H groups in total. The average molecular weight is 295 g/mol. The van der Waals surface area contributed by atoms with Crippen molar-refractivity contribution in [1.82, 2.24) is 9.88 Å². The number of hydrogen-bond donors (Lipinski definition) is 1. The summed E-state index contributed by atoms with van der Waals surface area (Å²) in [6.45, 7) is 8.56. The summed E-state index contributed by atoms with van der Waals surface area (Å²) in [6, 6.07) is 8.49. The third-order valence-corrected chi connectivity index (χ3v) is 3.46. The van der Waals surface area contributed by atoms with E-state index in [-0.39, 0.29) is 5.54 Å². The van der Waals surface area contributed by atoms with Crippen molar-refractivity contribution in [2.45, 2.75) is 32.9 Å². The Kier molecular flexibility index (Phi) is 3.59. The lowest BCUT2D eigenvalue weighted by molar-refractivity contribution is 0.414. The van der Waals surface area contributed by atoms with Gasteiger partial charge in [0.1, 0.15) is 0 Å². The van der Waals surface area contributed by atoms with E-state index in [1.165, 1.54) is 10.9 Å². The second kappa shape index (κ2) is 4.83. The third-order valence-electron chi connectivity index (χ3n) is 2.77. The molecule has 0 bridgehead atoms. The number of nitrogens with zero attached hydrogens (tertiary/aromatic N) is 1. The van der Waals surface area contributed by atoms with Gasteiger partial charge < -0.3 is 9.88 Å². The molecule has 2 nitrogen and oxygen atoms in total. The molecule has 0 atom stereocenters. The molecule has 1 aromatic heterocycles. The highest BCUT2D eigenvalue weighted by atomic mass is 79.9. The second-order valence-corrected chi connectivity index (χ2v) is 6.21. The first-order valence-electron chi connectivity index (χ1n) is 5.96. The van der Waals surface area contributed by atoms with Gasteiger partial charge in [-0.05, 0) is 39.0 Å². The van der Waals surface area contributed by atoms with Gasteiger partial charge in [0.15, 0.2) is 0 Å². The maximum absolute atomic E-state index is 3.58. The summed E-state index contributed by atoms with van der Waals surface area (Å²) in [4.78, 5) is 0. The molecule has 3 heteroatoms. The molecule has 0 spiro atoms. The van der Waals surface area contributed by atoms with Gasteiger partial charge >= 0.3 is 0 Å². The summed E-state index contributed by atoms with van der Waals surface area (Å²) in [5, 5.41) is 4.79. The van der Waals surface area contributed by atoms with Crippen LogP contribution in [0.5, 0.6) is 0 Å². The smallest absolute Gasteiger partial charge is 0.0492 e. The van der Waals surface area contributed by atoms with E-state index in [1.54, 1.807) is 0 Å². The predicted octanol–water partition coefficient (Wildman–Crippen LogP) is 3.79. The van der Waals surface area contributed by atoms with Crippen LogP contribution in [0.3, 0.4) is 0 Å². The Morgan fingerprint density at radius 3 is 2.71 bits per heavy atom. The van der Waals surface area contributed by atoms with Gasteiger partial charge in [0.05, 0.1) is 0 Å². The highest BCUT2D eigenvalue weighted by Crippen LogP contribution is 2.24. The molecular weight excluding hydrogens is 276 g/mol. The molecule has 2 aromatic rings. The number of benzene rings is 1. The van der Waals surface area contributed by atoms with E-state index in [9.17, 15) is 0 Å². The molecule has 0 unspecified atom stereocenters. The summed E-state index contributed by atoms with van der Waals surface area (Å²) in [5.74, 6) is 0. The number of aromatic nitrogens is 1. The molecule has 2 rings (SSSR count). The fraction of sp³-hybridized carbons (Fsp3) is 0.429. The highest BCUT2D eigenvalue weighted by Gasteiger charge is 2.08. The quantitative estimate of drug-likeness (QED) is 0.911. The minimum absolute atomic E-state index is 0.184. The topological polar surface area (TPSA) is 17.0 Å². The number of hydrogen-bond acceptors (Lipinski definition) is 1. The first kappa shape index (κ1) is 12.7. The van der Waals surface area contributed by atoms with Gasteiger partial charge in [-0.1, -0.05) is 22.0 Å². The number of rotatable bonds is 3. The summed E-state index contributed by atoms with van der Waals surface area (Å²) in [7, 11) is 0. The maximum Gasteiger partial charge on any atom is 0.0492 e. The van der Waals surface area contributed by atoms with Crippen LogP contribution in [0.1, 0.15) is 20.8 Å². The molecule has 17 heavy (non-hydrogen) atoms. The Balaban J connectivity index is 2.12. The van der Waals surface area contributed by atoms with E-state index in [2.05, 4.69) is 77.0 Å². The van der Waals surface area contributed by atoms with Crippen molar-refractivity contribution < 1.29 is 0 Å². The fourth-order valence-corrected chi connectivity index (χ4v) is 2.42. The molecule has 0 fully saturated rings. The van der Waals surface area contributed by atoms with Gasteiger partial charge in [-0.2, -0.15) is 0 Å². The van der Waals surface area contributed by atoms with Crippen LogP contribution in [0.25, 0.3) is 10.9 Å². The summed E-state index contributed by atoms with van der Waals surface area (Å²) in [6.07, 6.45) is 2.15. The minimum atomic E-state index is 0.184. The predicted molar refractivity (Wildman–Crippen MR) is 77.4 cm³/mol. The molecular formula is C14H19BrN2. The normalized spacial score (nSPS) is 12.2. The first-order chi connectivity index (χ1) is 7.97. The van der Waals surface area contributed by atoms with Crippen molar-refractivity contribution in [3.8, 4) is 0 Å². The highest BCUT2D eigenvalue weighted by molar-refractivity contribution is 9.10. The van der Waals surface area contributed by atoms with E-state index >= 15 is 0 Å². The van der Waals surface area contributed by atoms with Gasteiger partial charge in [-0.15, -0.1) is 0 Å². The summed E-state index contributed by atoms with van der Waals surface area (Å²) < 4.78 is 3.45. The Morgan fingerprint density at radius 1 is 1.24 bits per heavy atom. The number of fused-ring (bicyclic) bond motifs is 1. The van der Waals surface area contributed by atoms with Gasteiger partial charge in [0.25, 0.3) is 0 Å². The zero-order chi connectivity index (χ0) is 12.5. The van der Waals surface area contributed by atoms with Crippen LogP contribution in [0.2, 0.25) is 0 Å². The zero-order valence-electron chi connectivity index (χ0n) is 10.6. The molecule has 0 amide bonds. The van der Waals surface area contributed by atoms with Crippen LogP contribution < -0.4 is 5.32 Å². The van der Waals surface area contributed by atoms with E-state index in [0.29, 0.717) is 0 Å². The van der Waals surface area contributed by atoms with Crippen molar-refractivity contribution in [2.75, 3.05) is 6.54 Å². The molecule has 0 saturated heterocycles. The molecule has 1 heterocycles. The van der Waals surface area contributed by atoms with E-state index < -0.39 is 0 Å². The molecule has 0 radical (unpaired) electrons. The second-order valence-electron chi connectivity index (χ2n) is 5.36. The molecule has 0 saturated carbocycles.